The number of esters is 1. The Morgan fingerprint density at radius 3 is 2.27 bits per heavy atom. The normalized spacial score (nSPS) is 16.5. The molecule has 1 aliphatic heterocycles. The quantitative estimate of drug-likeness (QED) is 0.292. The number of allylic oxidation sites excluding steroid dienone is 2. The molecule has 0 fully saturated rings. The first-order valence-electron chi connectivity index (χ1n) is 7.98. The van der Waals surface area contributed by atoms with E-state index in [0.717, 1.165) is 21.9 Å². The molecule has 124 valence electrons. The smallest absolute Gasteiger partial charge is 0.336 e. The number of ether oxygens (including phenoxy) is 1. The second-order valence-corrected chi connectivity index (χ2v) is 8.20. The Morgan fingerprint density at radius 1 is 1.09 bits per heavy atom. The second-order valence-electron chi connectivity index (χ2n) is 5.43. The van der Waals surface area contributed by atoms with E-state index in [0.29, 0.717) is 0 Å². The molecule has 0 aromatic rings. The number of methoxy groups -OCH3 is 1. The van der Waals surface area contributed by atoms with Crippen LogP contribution < -0.4 is 0 Å². The molecule has 0 bridgehead atoms. The van der Waals surface area contributed by atoms with Gasteiger partial charge < -0.3 is 4.74 Å². The predicted octanol–water partition coefficient (Wildman–Crippen LogP) is 5.68. The number of carbonyl (C=O) groups excluding carboxylic acids is 1. The van der Waals surface area contributed by atoms with Gasteiger partial charge in [0.05, 0.1) is 16.2 Å². The molecule has 1 rings (SSSR count). The largest absolute Gasteiger partial charge is 0.467 e. The fourth-order valence-corrected chi connectivity index (χ4v) is 2.69. The maximum Gasteiger partial charge on any atom is 0.336 e. The zero-order chi connectivity index (χ0) is 16.2. The van der Waals surface area contributed by atoms with Gasteiger partial charge in [-0.1, -0.05) is 44.3 Å². The molecule has 0 aliphatic carbocycles. The highest BCUT2D eigenvalue weighted by atomic mass is 79.9. The molecular weight excluding hydrogens is 410 g/mol. The minimum absolute atomic E-state index is 0.251. The first-order valence-corrected chi connectivity index (χ1v) is 9.57. The van der Waals surface area contributed by atoms with Crippen molar-refractivity contribution >= 4 is 43.5 Å². The average Bonchev–Trinajstić information content (AvgIpc) is 3.26. The van der Waals surface area contributed by atoms with Crippen LogP contribution in [0, 0.1) is 0 Å². The molecule has 0 saturated carbocycles. The zero-order valence-corrected chi connectivity index (χ0v) is 16.4. The fraction of sp³-hybridized carbons (Fsp3) is 0.647. The highest BCUT2D eigenvalue weighted by Crippen LogP contribution is 2.17. The third-order valence-corrected chi connectivity index (χ3v) is 4.22. The van der Waals surface area contributed by atoms with Crippen molar-refractivity contribution in [1.29, 1.82) is 0 Å². The summed E-state index contributed by atoms with van der Waals surface area (Å²) in [5, 5.41) is 0. The van der Waals surface area contributed by atoms with Gasteiger partial charge in [0, 0.05) is 0 Å². The molecule has 0 saturated heterocycles. The van der Waals surface area contributed by atoms with E-state index in [-0.39, 0.29) is 12.0 Å². The number of halogens is 2. The summed E-state index contributed by atoms with van der Waals surface area (Å²) in [5.41, 5.74) is 0.857. The van der Waals surface area contributed by atoms with Crippen molar-refractivity contribution in [3.63, 3.8) is 0 Å². The Hall–Kier alpha value is -0.420. The maximum atomic E-state index is 11.1. The van der Waals surface area contributed by atoms with Gasteiger partial charge in [-0.2, -0.15) is 0 Å². The van der Waals surface area contributed by atoms with Gasteiger partial charge in [-0.15, -0.1) is 0 Å². The van der Waals surface area contributed by atoms with E-state index in [4.69, 9.17) is 0 Å². The van der Waals surface area contributed by atoms with Crippen molar-refractivity contribution < 1.29 is 9.53 Å². The van der Waals surface area contributed by atoms with Crippen LogP contribution in [-0.4, -0.2) is 24.8 Å². The summed E-state index contributed by atoms with van der Waals surface area (Å²) in [5.74, 6) is -0.251. The number of rotatable bonds is 12. The Balaban J connectivity index is 1.84. The molecule has 3 nitrogen and oxygen atoms in total. The lowest BCUT2D eigenvalue weighted by Gasteiger charge is -2.00. The lowest BCUT2D eigenvalue weighted by molar-refractivity contribution is -0.139. The monoisotopic (exact) mass is 433 g/mol. The van der Waals surface area contributed by atoms with Crippen LogP contribution in [0.4, 0.5) is 0 Å². The van der Waals surface area contributed by atoms with Crippen LogP contribution in [0.15, 0.2) is 26.6 Å². The van der Waals surface area contributed by atoms with E-state index in [9.17, 15) is 4.79 Å². The predicted molar refractivity (Wildman–Crippen MR) is 99.9 cm³/mol. The molecule has 0 spiro atoms. The highest BCUT2D eigenvalue weighted by Gasteiger charge is 2.33. The van der Waals surface area contributed by atoms with Gasteiger partial charge in [-0.3, -0.25) is 4.99 Å². The first-order chi connectivity index (χ1) is 10.6. The van der Waals surface area contributed by atoms with E-state index in [1.54, 1.807) is 0 Å². The van der Waals surface area contributed by atoms with Crippen molar-refractivity contribution in [1.82, 2.24) is 0 Å². The number of hydrogen-bond acceptors (Lipinski definition) is 3. The zero-order valence-electron chi connectivity index (χ0n) is 13.2. The number of hydrogen-bond donors (Lipinski definition) is 0. The number of nitrogens with zero attached hydrogens (tertiary/aromatic N) is 1. The van der Waals surface area contributed by atoms with E-state index in [2.05, 4.69) is 53.7 Å². The van der Waals surface area contributed by atoms with Crippen molar-refractivity contribution in [2.75, 3.05) is 7.11 Å². The molecule has 1 atom stereocenters. The minimum Gasteiger partial charge on any atom is -0.467 e. The number of unbranched alkanes of at least 4 members (excludes halogenated alkanes) is 8. The number of carbonyl (C=O) groups is 1. The third-order valence-electron chi connectivity index (χ3n) is 3.58. The summed E-state index contributed by atoms with van der Waals surface area (Å²) >= 11 is 6.73. The molecular formula is C17H25Br2NO2. The molecule has 0 amide bonds. The van der Waals surface area contributed by atoms with Crippen LogP contribution in [0.25, 0.3) is 0 Å². The molecule has 0 aromatic carbocycles. The van der Waals surface area contributed by atoms with Gasteiger partial charge in [0.15, 0.2) is 6.04 Å². The van der Waals surface area contributed by atoms with Crippen molar-refractivity contribution in [3.8, 4) is 0 Å². The van der Waals surface area contributed by atoms with E-state index in [1.165, 1.54) is 52.1 Å². The van der Waals surface area contributed by atoms with Crippen LogP contribution in [0.3, 0.4) is 0 Å². The van der Waals surface area contributed by atoms with Gasteiger partial charge in [0.2, 0.25) is 0 Å². The van der Waals surface area contributed by atoms with Gasteiger partial charge in [-0.25, -0.2) is 4.79 Å². The van der Waals surface area contributed by atoms with Crippen molar-refractivity contribution in [2.24, 2.45) is 4.99 Å². The molecule has 1 unspecified atom stereocenters. The molecule has 5 heteroatoms. The summed E-state index contributed by atoms with van der Waals surface area (Å²) < 4.78 is 5.69. The van der Waals surface area contributed by atoms with Crippen LogP contribution in [0.2, 0.25) is 0 Å². The standard InChI is InChI=1S/C17H25Br2NO2/c1-22-17(21)16-14(20-16)12-10-8-6-4-2-3-5-7-9-11-13-15(18)19/h10,12-13,16H,2-9,11H2,1H3/b12-10-. The maximum absolute atomic E-state index is 11.1. The molecule has 0 radical (unpaired) electrons. The summed E-state index contributed by atoms with van der Waals surface area (Å²) in [6, 6.07) is -0.318. The lowest BCUT2D eigenvalue weighted by atomic mass is 10.1. The molecule has 0 aromatic heterocycles. The first kappa shape index (κ1) is 19.6. The Bertz CT molecular complexity index is 426. The number of aliphatic imine (C=N–C) groups is 1. The summed E-state index contributed by atoms with van der Waals surface area (Å²) in [4.78, 5) is 15.2. The molecule has 0 N–H and O–H groups in total. The summed E-state index contributed by atoms with van der Waals surface area (Å²) in [6.07, 6.45) is 17.5. The van der Waals surface area contributed by atoms with Crippen LogP contribution in [0.5, 0.6) is 0 Å². The van der Waals surface area contributed by atoms with Crippen molar-refractivity contribution in [3.05, 3.63) is 21.6 Å². The van der Waals surface area contributed by atoms with Gasteiger partial charge in [0.1, 0.15) is 0 Å². The summed E-state index contributed by atoms with van der Waals surface area (Å²) in [6.45, 7) is 0. The second kappa shape index (κ2) is 12.1. The average molecular weight is 435 g/mol. The van der Waals surface area contributed by atoms with Crippen LogP contribution in [-0.2, 0) is 9.53 Å². The molecule has 1 heterocycles. The minimum atomic E-state index is -0.318. The van der Waals surface area contributed by atoms with E-state index >= 15 is 0 Å². The van der Waals surface area contributed by atoms with Gasteiger partial charge >= 0.3 is 5.97 Å². The van der Waals surface area contributed by atoms with Gasteiger partial charge in [0.25, 0.3) is 0 Å². The fourth-order valence-electron chi connectivity index (χ4n) is 2.24. The van der Waals surface area contributed by atoms with Crippen LogP contribution in [0.1, 0.15) is 57.8 Å². The van der Waals surface area contributed by atoms with E-state index < -0.39 is 0 Å². The lowest BCUT2D eigenvalue weighted by Crippen LogP contribution is -2.12. The van der Waals surface area contributed by atoms with Gasteiger partial charge in [-0.05, 0) is 63.6 Å². The SMILES string of the molecule is COC(=O)C1N=C1/C=C\CCCCCCCCCC=C(Br)Br. The molecule has 22 heavy (non-hydrogen) atoms. The van der Waals surface area contributed by atoms with Crippen molar-refractivity contribution in [2.45, 2.75) is 63.8 Å². The highest BCUT2D eigenvalue weighted by molar-refractivity contribution is 9.28. The van der Waals surface area contributed by atoms with E-state index in [1.807, 2.05) is 6.08 Å². The summed E-state index contributed by atoms with van der Waals surface area (Å²) in [7, 11) is 1.40. The van der Waals surface area contributed by atoms with Crippen LogP contribution >= 0.6 is 31.9 Å². The Morgan fingerprint density at radius 2 is 1.68 bits per heavy atom. The Labute approximate surface area is 150 Å². The Kier molecular flexibility index (Phi) is 10.8. The molecule has 1 aliphatic rings. The topological polar surface area (TPSA) is 38.7 Å². The third kappa shape index (κ3) is 9.57.